The number of nitrogens with one attached hydrogen (secondary N) is 2. The molecular weight excluding hydrogens is 256 g/mol. The summed E-state index contributed by atoms with van der Waals surface area (Å²) in [5, 5.41) is 6.30. The lowest BCUT2D eigenvalue weighted by molar-refractivity contribution is -0.120. The number of hydrogen-bond acceptors (Lipinski definition) is 4. The van der Waals surface area contributed by atoms with Crippen molar-refractivity contribution in [3.05, 3.63) is 18.2 Å². The van der Waals surface area contributed by atoms with Gasteiger partial charge < -0.3 is 20.1 Å². The van der Waals surface area contributed by atoms with E-state index in [4.69, 9.17) is 9.47 Å². The van der Waals surface area contributed by atoms with Crippen molar-refractivity contribution in [3.63, 3.8) is 0 Å². The van der Waals surface area contributed by atoms with Gasteiger partial charge in [-0.15, -0.1) is 0 Å². The SMILES string of the molecule is COc1ccc(NC(=O)[C@H]2CCN[C@@H](C)C2)cc1OC. The van der Waals surface area contributed by atoms with Gasteiger partial charge in [0.1, 0.15) is 0 Å². The van der Waals surface area contributed by atoms with E-state index in [0.29, 0.717) is 17.5 Å². The third-order valence-electron chi connectivity index (χ3n) is 3.65. The van der Waals surface area contributed by atoms with Crippen LogP contribution in [0.2, 0.25) is 0 Å². The molecular formula is C15H22N2O3. The van der Waals surface area contributed by atoms with Gasteiger partial charge in [0, 0.05) is 23.7 Å². The summed E-state index contributed by atoms with van der Waals surface area (Å²) in [6.45, 7) is 3.00. The van der Waals surface area contributed by atoms with Crippen LogP contribution < -0.4 is 20.1 Å². The summed E-state index contributed by atoms with van der Waals surface area (Å²) in [5.74, 6) is 1.41. The molecule has 1 saturated heterocycles. The molecule has 0 spiro atoms. The summed E-state index contributed by atoms with van der Waals surface area (Å²) in [6.07, 6.45) is 1.75. The maximum absolute atomic E-state index is 12.3. The van der Waals surface area contributed by atoms with Crippen LogP contribution in [0.4, 0.5) is 5.69 Å². The van der Waals surface area contributed by atoms with Gasteiger partial charge in [-0.3, -0.25) is 4.79 Å². The zero-order valence-electron chi connectivity index (χ0n) is 12.2. The van der Waals surface area contributed by atoms with E-state index in [1.54, 1.807) is 26.4 Å². The highest BCUT2D eigenvalue weighted by atomic mass is 16.5. The Balaban J connectivity index is 2.03. The van der Waals surface area contributed by atoms with Gasteiger partial charge in [0.25, 0.3) is 0 Å². The minimum atomic E-state index is 0.0688. The number of methoxy groups -OCH3 is 2. The van der Waals surface area contributed by atoms with Crippen molar-refractivity contribution in [2.75, 3.05) is 26.1 Å². The third-order valence-corrected chi connectivity index (χ3v) is 3.65. The number of hydrogen-bond donors (Lipinski definition) is 2. The maximum Gasteiger partial charge on any atom is 0.227 e. The predicted octanol–water partition coefficient (Wildman–Crippen LogP) is 2.03. The quantitative estimate of drug-likeness (QED) is 0.884. The molecule has 0 radical (unpaired) electrons. The largest absolute Gasteiger partial charge is 0.493 e. The molecule has 5 heteroatoms. The molecule has 2 atom stereocenters. The first kappa shape index (κ1) is 14.7. The number of amides is 1. The first-order valence-electron chi connectivity index (χ1n) is 6.90. The maximum atomic E-state index is 12.3. The first-order chi connectivity index (χ1) is 9.63. The summed E-state index contributed by atoms with van der Waals surface area (Å²) < 4.78 is 10.4. The number of rotatable bonds is 4. The molecule has 0 aliphatic carbocycles. The van der Waals surface area contributed by atoms with Crippen molar-refractivity contribution in [1.29, 1.82) is 0 Å². The average Bonchev–Trinajstić information content (AvgIpc) is 2.47. The summed E-state index contributed by atoms with van der Waals surface area (Å²) in [5.41, 5.74) is 0.735. The highest BCUT2D eigenvalue weighted by molar-refractivity contribution is 5.93. The van der Waals surface area contributed by atoms with Crippen molar-refractivity contribution in [1.82, 2.24) is 5.32 Å². The minimum Gasteiger partial charge on any atom is -0.493 e. The normalized spacial score (nSPS) is 22.1. The number of piperidine rings is 1. The van der Waals surface area contributed by atoms with Crippen molar-refractivity contribution in [2.24, 2.45) is 5.92 Å². The fraction of sp³-hybridized carbons (Fsp3) is 0.533. The Morgan fingerprint density at radius 1 is 1.30 bits per heavy atom. The lowest BCUT2D eigenvalue weighted by Gasteiger charge is -2.27. The highest BCUT2D eigenvalue weighted by Gasteiger charge is 2.24. The van der Waals surface area contributed by atoms with Crippen LogP contribution in [0, 0.1) is 5.92 Å². The van der Waals surface area contributed by atoms with Crippen LogP contribution >= 0.6 is 0 Å². The summed E-state index contributed by atoms with van der Waals surface area (Å²) >= 11 is 0. The second kappa shape index (κ2) is 6.61. The van der Waals surface area contributed by atoms with E-state index in [-0.39, 0.29) is 11.8 Å². The number of benzene rings is 1. The van der Waals surface area contributed by atoms with Crippen LogP contribution in [0.15, 0.2) is 18.2 Å². The molecule has 2 rings (SSSR count). The zero-order chi connectivity index (χ0) is 14.5. The van der Waals surface area contributed by atoms with E-state index in [1.165, 1.54) is 0 Å². The van der Waals surface area contributed by atoms with Crippen LogP contribution in [0.5, 0.6) is 11.5 Å². The zero-order valence-corrected chi connectivity index (χ0v) is 12.2. The molecule has 5 nitrogen and oxygen atoms in total. The van der Waals surface area contributed by atoms with Crippen LogP contribution in [-0.4, -0.2) is 32.7 Å². The molecule has 1 aliphatic heterocycles. The molecule has 1 amide bonds. The minimum absolute atomic E-state index is 0.0688. The van der Waals surface area contributed by atoms with Crippen LogP contribution in [0.1, 0.15) is 19.8 Å². The molecule has 0 bridgehead atoms. The van der Waals surface area contributed by atoms with E-state index < -0.39 is 0 Å². The monoisotopic (exact) mass is 278 g/mol. The lowest BCUT2D eigenvalue weighted by atomic mass is 9.92. The molecule has 20 heavy (non-hydrogen) atoms. The van der Waals surface area contributed by atoms with Gasteiger partial charge in [-0.2, -0.15) is 0 Å². The molecule has 0 saturated carbocycles. The molecule has 1 fully saturated rings. The molecule has 0 unspecified atom stereocenters. The Bertz CT molecular complexity index is 476. The van der Waals surface area contributed by atoms with E-state index in [1.807, 2.05) is 6.07 Å². The number of anilines is 1. The third kappa shape index (κ3) is 3.42. The van der Waals surface area contributed by atoms with Gasteiger partial charge in [0.15, 0.2) is 11.5 Å². The molecule has 110 valence electrons. The Morgan fingerprint density at radius 2 is 2.05 bits per heavy atom. The van der Waals surface area contributed by atoms with Gasteiger partial charge in [-0.05, 0) is 38.4 Å². The Labute approximate surface area is 119 Å². The fourth-order valence-electron chi connectivity index (χ4n) is 2.53. The first-order valence-corrected chi connectivity index (χ1v) is 6.90. The molecule has 1 aromatic carbocycles. The van der Waals surface area contributed by atoms with Crippen molar-refractivity contribution < 1.29 is 14.3 Å². The molecule has 1 heterocycles. The standard InChI is InChI=1S/C15H22N2O3/c1-10-8-11(6-7-16-10)15(18)17-12-4-5-13(19-2)14(9-12)20-3/h4-5,9-11,16H,6-8H2,1-3H3,(H,17,18)/t10-,11-/m0/s1. The Kier molecular flexibility index (Phi) is 4.84. The van der Waals surface area contributed by atoms with Gasteiger partial charge in [0.2, 0.25) is 5.91 Å². The van der Waals surface area contributed by atoms with Gasteiger partial charge in [0.05, 0.1) is 14.2 Å². The predicted molar refractivity (Wildman–Crippen MR) is 78.4 cm³/mol. The highest BCUT2D eigenvalue weighted by Crippen LogP contribution is 2.30. The van der Waals surface area contributed by atoms with Crippen molar-refractivity contribution >= 4 is 11.6 Å². The average molecular weight is 278 g/mol. The van der Waals surface area contributed by atoms with Gasteiger partial charge in [-0.25, -0.2) is 0 Å². The summed E-state index contributed by atoms with van der Waals surface area (Å²) in [6, 6.07) is 5.79. The van der Waals surface area contributed by atoms with Crippen LogP contribution in [0.3, 0.4) is 0 Å². The second-order valence-electron chi connectivity index (χ2n) is 5.14. The Hall–Kier alpha value is -1.75. The van der Waals surface area contributed by atoms with E-state index in [2.05, 4.69) is 17.6 Å². The number of carbonyl (C=O) groups is 1. The van der Waals surface area contributed by atoms with Crippen molar-refractivity contribution in [3.8, 4) is 11.5 Å². The molecule has 1 aromatic rings. The van der Waals surface area contributed by atoms with Crippen molar-refractivity contribution in [2.45, 2.75) is 25.8 Å². The molecule has 0 aromatic heterocycles. The van der Waals surface area contributed by atoms with E-state index in [9.17, 15) is 4.79 Å². The second-order valence-corrected chi connectivity index (χ2v) is 5.14. The topological polar surface area (TPSA) is 59.6 Å². The summed E-state index contributed by atoms with van der Waals surface area (Å²) in [7, 11) is 3.17. The Morgan fingerprint density at radius 3 is 2.70 bits per heavy atom. The molecule has 1 aliphatic rings. The van der Waals surface area contributed by atoms with E-state index in [0.717, 1.165) is 25.1 Å². The van der Waals surface area contributed by atoms with Crippen LogP contribution in [0.25, 0.3) is 0 Å². The van der Waals surface area contributed by atoms with Crippen LogP contribution in [-0.2, 0) is 4.79 Å². The van der Waals surface area contributed by atoms with E-state index >= 15 is 0 Å². The van der Waals surface area contributed by atoms with Gasteiger partial charge in [-0.1, -0.05) is 0 Å². The summed E-state index contributed by atoms with van der Waals surface area (Å²) in [4.78, 5) is 12.3. The number of carbonyl (C=O) groups excluding carboxylic acids is 1. The fourth-order valence-corrected chi connectivity index (χ4v) is 2.53. The van der Waals surface area contributed by atoms with Gasteiger partial charge >= 0.3 is 0 Å². The smallest absolute Gasteiger partial charge is 0.227 e. The lowest BCUT2D eigenvalue weighted by Crippen LogP contribution is -2.40. The molecule has 2 N–H and O–H groups in total. The number of ether oxygens (including phenoxy) is 2.